The van der Waals surface area contributed by atoms with E-state index in [1.54, 1.807) is 37.5 Å². The molecule has 6 nitrogen and oxygen atoms in total. The number of allylic oxidation sites excluding steroid dienone is 1. The van der Waals surface area contributed by atoms with Crippen LogP contribution in [-0.4, -0.2) is 49.1 Å². The van der Waals surface area contributed by atoms with E-state index in [2.05, 4.69) is 0 Å². The normalized spacial score (nSPS) is 16.7. The molecule has 1 amide bonds. The number of carbonyl (C=O) groups excluding carboxylic acids is 2. The number of ether oxygens (including phenoxy) is 2. The van der Waals surface area contributed by atoms with Gasteiger partial charge >= 0.3 is 0 Å². The van der Waals surface area contributed by atoms with Crippen molar-refractivity contribution >= 4 is 17.8 Å². The van der Waals surface area contributed by atoms with Crippen LogP contribution in [0.15, 0.2) is 72.0 Å². The summed E-state index contributed by atoms with van der Waals surface area (Å²) in [6.45, 7) is 0.515. The summed E-state index contributed by atoms with van der Waals surface area (Å²) in [7, 11) is 3.08. The summed E-state index contributed by atoms with van der Waals surface area (Å²) in [5.41, 5.74) is 1.57. The highest BCUT2D eigenvalue weighted by Gasteiger charge is 2.42. The molecule has 3 rings (SSSR count). The lowest BCUT2D eigenvalue weighted by Crippen LogP contribution is -2.33. The molecule has 29 heavy (non-hydrogen) atoms. The van der Waals surface area contributed by atoms with Crippen LogP contribution in [0.1, 0.15) is 17.2 Å². The van der Waals surface area contributed by atoms with Gasteiger partial charge in [0.05, 0.1) is 25.3 Å². The number of rotatable bonds is 8. The van der Waals surface area contributed by atoms with Gasteiger partial charge in [0.1, 0.15) is 5.75 Å². The smallest absolute Gasteiger partial charge is 0.290 e. The Morgan fingerprint density at radius 1 is 1.14 bits per heavy atom. The summed E-state index contributed by atoms with van der Waals surface area (Å²) in [4.78, 5) is 27.1. The Morgan fingerprint density at radius 3 is 2.59 bits per heavy atom. The maximum atomic E-state index is 13.0. The molecule has 6 heteroatoms. The standard InChI is InChI=1S/C23H23NO5/c1-28-14-13-24-21(17-9-6-10-18(15-17)29-2)20(22(26)23(24)27)19(25)12-11-16-7-4-3-5-8-16/h3-12,15,21,26H,13-14H2,1-2H3. The number of amides is 1. The number of aliphatic hydroxyl groups is 1. The summed E-state index contributed by atoms with van der Waals surface area (Å²) in [5, 5.41) is 10.5. The summed E-state index contributed by atoms with van der Waals surface area (Å²) in [6, 6.07) is 15.7. The van der Waals surface area contributed by atoms with Crippen LogP contribution < -0.4 is 4.74 Å². The molecule has 1 heterocycles. The number of aliphatic hydroxyl groups excluding tert-OH is 1. The van der Waals surface area contributed by atoms with Gasteiger partial charge in [0.25, 0.3) is 5.91 Å². The van der Waals surface area contributed by atoms with Gasteiger partial charge in [0, 0.05) is 13.7 Å². The molecule has 0 aliphatic carbocycles. The molecule has 0 spiro atoms. The predicted molar refractivity (Wildman–Crippen MR) is 109 cm³/mol. The van der Waals surface area contributed by atoms with Gasteiger partial charge in [-0.2, -0.15) is 0 Å². The van der Waals surface area contributed by atoms with Crippen LogP contribution in [0, 0.1) is 0 Å². The molecule has 1 aliphatic heterocycles. The molecule has 1 atom stereocenters. The van der Waals surface area contributed by atoms with Crippen LogP contribution in [0.3, 0.4) is 0 Å². The molecular weight excluding hydrogens is 370 g/mol. The fraction of sp³-hybridized carbons (Fsp3) is 0.217. The highest BCUT2D eigenvalue weighted by Crippen LogP contribution is 2.38. The minimum atomic E-state index is -0.722. The van der Waals surface area contributed by atoms with Crippen molar-refractivity contribution < 1.29 is 24.2 Å². The first kappa shape index (κ1) is 20.4. The van der Waals surface area contributed by atoms with E-state index in [1.807, 2.05) is 30.3 Å². The van der Waals surface area contributed by atoms with Crippen LogP contribution in [0.5, 0.6) is 5.75 Å². The Labute approximate surface area is 169 Å². The lowest BCUT2D eigenvalue weighted by Gasteiger charge is -2.26. The van der Waals surface area contributed by atoms with Gasteiger partial charge in [0.2, 0.25) is 0 Å². The number of hydrogen-bond acceptors (Lipinski definition) is 5. The van der Waals surface area contributed by atoms with Gasteiger partial charge < -0.3 is 19.5 Å². The average Bonchev–Trinajstić information content (AvgIpc) is 3.01. The summed E-state index contributed by atoms with van der Waals surface area (Å²) in [5.74, 6) is -0.949. The van der Waals surface area contributed by atoms with Gasteiger partial charge in [-0.05, 0) is 29.3 Å². The zero-order chi connectivity index (χ0) is 20.8. The molecule has 0 saturated carbocycles. The molecule has 0 aromatic heterocycles. The highest BCUT2D eigenvalue weighted by molar-refractivity contribution is 6.14. The molecule has 2 aromatic rings. The van der Waals surface area contributed by atoms with Crippen molar-refractivity contribution in [2.45, 2.75) is 6.04 Å². The quantitative estimate of drug-likeness (QED) is 0.697. The van der Waals surface area contributed by atoms with Crippen molar-refractivity contribution in [1.82, 2.24) is 4.90 Å². The van der Waals surface area contributed by atoms with E-state index in [0.717, 1.165) is 5.56 Å². The Bertz CT molecular complexity index is 949. The van der Waals surface area contributed by atoms with Crippen molar-refractivity contribution in [3.8, 4) is 5.75 Å². The van der Waals surface area contributed by atoms with E-state index in [1.165, 1.54) is 18.1 Å². The molecule has 1 N–H and O–H groups in total. The first-order valence-corrected chi connectivity index (χ1v) is 9.21. The molecular formula is C23H23NO5. The number of benzene rings is 2. The summed E-state index contributed by atoms with van der Waals surface area (Å²) >= 11 is 0. The van der Waals surface area contributed by atoms with Crippen molar-refractivity contribution in [3.63, 3.8) is 0 Å². The topological polar surface area (TPSA) is 76.1 Å². The van der Waals surface area contributed by atoms with Crippen LogP contribution in [0.25, 0.3) is 6.08 Å². The van der Waals surface area contributed by atoms with Crippen LogP contribution in [0.4, 0.5) is 0 Å². The summed E-state index contributed by atoms with van der Waals surface area (Å²) in [6.07, 6.45) is 3.04. The van der Waals surface area contributed by atoms with Gasteiger partial charge in [-0.25, -0.2) is 0 Å². The molecule has 1 unspecified atom stereocenters. The lowest BCUT2D eigenvalue weighted by atomic mass is 9.95. The minimum absolute atomic E-state index is 0.0477. The van der Waals surface area contributed by atoms with E-state index < -0.39 is 23.5 Å². The molecule has 150 valence electrons. The van der Waals surface area contributed by atoms with E-state index in [-0.39, 0.29) is 18.7 Å². The first-order chi connectivity index (χ1) is 14.1. The number of carbonyl (C=O) groups is 2. The summed E-state index contributed by atoms with van der Waals surface area (Å²) < 4.78 is 10.4. The van der Waals surface area contributed by atoms with Crippen molar-refractivity contribution in [1.29, 1.82) is 0 Å². The largest absolute Gasteiger partial charge is 0.503 e. The number of hydrogen-bond donors (Lipinski definition) is 1. The lowest BCUT2D eigenvalue weighted by molar-refractivity contribution is -0.130. The van der Waals surface area contributed by atoms with Crippen molar-refractivity contribution in [2.24, 2.45) is 0 Å². The van der Waals surface area contributed by atoms with Crippen molar-refractivity contribution in [3.05, 3.63) is 83.1 Å². The van der Waals surface area contributed by atoms with Crippen molar-refractivity contribution in [2.75, 3.05) is 27.4 Å². The monoisotopic (exact) mass is 393 g/mol. The second kappa shape index (κ2) is 9.21. The Kier molecular flexibility index (Phi) is 6.46. The second-order valence-corrected chi connectivity index (χ2v) is 6.54. The molecule has 0 fully saturated rings. The maximum Gasteiger partial charge on any atom is 0.290 e. The third kappa shape index (κ3) is 4.38. The zero-order valence-electron chi connectivity index (χ0n) is 16.4. The van der Waals surface area contributed by atoms with Crippen LogP contribution >= 0.6 is 0 Å². The van der Waals surface area contributed by atoms with Crippen LogP contribution in [0.2, 0.25) is 0 Å². The molecule has 2 aromatic carbocycles. The first-order valence-electron chi connectivity index (χ1n) is 9.21. The Morgan fingerprint density at radius 2 is 1.90 bits per heavy atom. The van der Waals surface area contributed by atoms with Crippen LogP contribution in [-0.2, 0) is 14.3 Å². The fourth-order valence-corrected chi connectivity index (χ4v) is 3.31. The van der Waals surface area contributed by atoms with Gasteiger partial charge in [0.15, 0.2) is 11.5 Å². The Hall–Kier alpha value is -3.38. The average molecular weight is 393 g/mol. The predicted octanol–water partition coefficient (Wildman–Crippen LogP) is 3.32. The second-order valence-electron chi connectivity index (χ2n) is 6.54. The third-order valence-electron chi connectivity index (χ3n) is 4.74. The Balaban J connectivity index is 1.99. The third-order valence-corrected chi connectivity index (χ3v) is 4.74. The fourth-order valence-electron chi connectivity index (χ4n) is 3.31. The molecule has 0 bridgehead atoms. The van der Waals surface area contributed by atoms with E-state index in [9.17, 15) is 14.7 Å². The SMILES string of the molecule is COCCN1C(=O)C(O)=C(C(=O)C=Cc2ccccc2)C1c1cccc(OC)c1. The van der Waals surface area contributed by atoms with Gasteiger partial charge in [-0.3, -0.25) is 9.59 Å². The number of ketones is 1. The molecule has 0 saturated heterocycles. The molecule has 0 radical (unpaired) electrons. The maximum absolute atomic E-state index is 13.0. The highest BCUT2D eigenvalue weighted by atomic mass is 16.5. The van der Waals surface area contributed by atoms with Gasteiger partial charge in [-0.1, -0.05) is 48.5 Å². The number of nitrogens with zero attached hydrogens (tertiary/aromatic N) is 1. The van der Waals surface area contributed by atoms with E-state index >= 15 is 0 Å². The number of methoxy groups -OCH3 is 2. The van der Waals surface area contributed by atoms with Gasteiger partial charge in [-0.15, -0.1) is 0 Å². The van der Waals surface area contributed by atoms with E-state index in [0.29, 0.717) is 11.3 Å². The molecule has 1 aliphatic rings. The zero-order valence-corrected chi connectivity index (χ0v) is 16.4. The van der Waals surface area contributed by atoms with E-state index in [4.69, 9.17) is 9.47 Å². The minimum Gasteiger partial charge on any atom is -0.503 e.